The standard InChI is InChI=1S/C12H11N3O/c13-6-10-2-1-3-11(12(10)14)15-7-9-4-5-16-8-9/h1-5,8,15H,7,14H2. The highest BCUT2D eigenvalue weighted by atomic mass is 16.3. The van der Waals surface area contributed by atoms with Gasteiger partial charge >= 0.3 is 0 Å². The van der Waals surface area contributed by atoms with Crippen LogP contribution in [0.15, 0.2) is 41.2 Å². The Hall–Kier alpha value is -2.41. The summed E-state index contributed by atoms with van der Waals surface area (Å²) in [5.74, 6) is 0. The molecular weight excluding hydrogens is 202 g/mol. The lowest BCUT2D eigenvalue weighted by Gasteiger charge is -2.08. The van der Waals surface area contributed by atoms with Crippen molar-refractivity contribution in [1.29, 1.82) is 5.26 Å². The third-order valence-electron chi connectivity index (χ3n) is 2.29. The molecule has 0 spiro atoms. The maximum atomic E-state index is 8.82. The van der Waals surface area contributed by atoms with E-state index in [1.54, 1.807) is 24.7 Å². The summed E-state index contributed by atoms with van der Waals surface area (Å²) in [7, 11) is 0. The van der Waals surface area contributed by atoms with Gasteiger partial charge in [0.15, 0.2) is 0 Å². The minimum Gasteiger partial charge on any atom is -0.472 e. The quantitative estimate of drug-likeness (QED) is 0.767. The van der Waals surface area contributed by atoms with Gasteiger partial charge in [-0.25, -0.2) is 0 Å². The van der Waals surface area contributed by atoms with Gasteiger partial charge in [-0.15, -0.1) is 0 Å². The highest BCUT2D eigenvalue weighted by Crippen LogP contribution is 2.22. The molecule has 1 aromatic heterocycles. The molecule has 0 bridgehead atoms. The molecule has 0 radical (unpaired) electrons. The molecule has 0 fully saturated rings. The number of nitrogen functional groups attached to an aromatic ring is 1. The summed E-state index contributed by atoms with van der Waals surface area (Å²) < 4.78 is 4.95. The maximum Gasteiger partial charge on any atom is 0.101 e. The van der Waals surface area contributed by atoms with Gasteiger partial charge in [0.2, 0.25) is 0 Å². The van der Waals surface area contributed by atoms with Crippen molar-refractivity contribution in [2.24, 2.45) is 0 Å². The molecule has 0 aliphatic heterocycles. The van der Waals surface area contributed by atoms with E-state index in [0.29, 0.717) is 17.8 Å². The predicted octanol–water partition coefficient (Wildman–Crippen LogP) is 2.35. The lowest BCUT2D eigenvalue weighted by atomic mass is 10.1. The van der Waals surface area contributed by atoms with Gasteiger partial charge in [-0.3, -0.25) is 0 Å². The second-order valence-corrected chi connectivity index (χ2v) is 3.36. The molecule has 16 heavy (non-hydrogen) atoms. The van der Waals surface area contributed by atoms with Crippen molar-refractivity contribution < 1.29 is 4.42 Å². The van der Waals surface area contributed by atoms with Gasteiger partial charge in [-0.05, 0) is 18.2 Å². The summed E-state index contributed by atoms with van der Waals surface area (Å²) in [6.45, 7) is 0.621. The van der Waals surface area contributed by atoms with Gasteiger partial charge < -0.3 is 15.5 Å². The van der Waals surface area contributed by atoms with E-state index in [1.165, 1.54) is 0 Å². The first-order chi connectivity index (χ1) is 7.81. The first-order valence-electron chi connectivity index (χ1n) is 4.85. The molecule has 1 heterocycles. The van der Waals surface area contributed by atoms with E-state index >= 15 is 0 Å². The summed E-state index contributed by atoms with van der Waals surface area (Å²) in [5.41, 5.74) is 8.58. The number of para-hydroxylation sites is 1. The van der Waals surface area contributed by atoms with E-state index in [9.17, 15) is 0 Å². The van der Waals surface area contributed by atoms with E-state index in [4.69, 9.17) is 15.4 Å². The summed E-state index contributed by atoms with van der Waals surface area (Å²) in [6.07, 6.45) is 3.28. The molecule has 2 rings (SSSR count). The van der Waals surface area contributed by atoms with Gasteiger partial charge in [-0.1, -0.05) is 6.07 Å². The SMILES string of the molecule is N#Cc1cccc(NCc2ccoc2)c1N. The molecule has 3 N–H and O–H groups in total. The number of rotatable bonds is 3. The topological polar surface area (TPSA) is 75.0 Å². The Bertz CT molecular complexity index is 512. The fourth-order valence-corrected chi connectivity index (χ4v) is 1.41. The number of nitrogens with one attached hydrogen (secondary N) is 1. The van der Waals surface area contributed by atoms with E-state index in [1.807, 2.05) is 18.2 Å². The van der Waals surface area contributed by atoms with E-state index < -0.39 is 0 Å². The Morgan fingerprint density at radius 1 is 1.38 bits per heavy atom. The molecule has 4 nitrogen and oxygen atoms in total. The molecule has 0 saturated heterocycles. The Labute approximate surface area is 93.3 Å². The average Bonchev–Trinajstić information content (AvgIpc) is 2.81. The van der Waals surface area contributed by atoms with Crippen LogP contribution in [0, 0.1) is 11.3 Å². The number of furan rings is 1. The van der Waals surface area contributed by atoms with Gasteiger partial charge in [0.25, 0.3) is 0 Å². The Morgan fingerprint density at radius 2 is 2.25 bits per heavy atom. The van der Waals surface area contributed by atoms with Crippen molar-refractivity contribution >= 4 is 11.4 Å². The molecule has 4 heteroatoms. The largest absolute Gasteiger partial charge is 0.472 e. The van der Waals surface area contributed by atoms with Crippen LogP contribution in [0.3, 0.4) is 0 Å². The number of nitriles is 1. The van der Waals surface area contributed by atoms with Crippen molar-refractivity contribution in [2.75, 3.05) is 11.1 Å². The number of hydrogen-bond donors (Lipinski definition) is 2. The van der Waals surface area contributed by atoms with Crippen molar-refractivity contribution in [1.82, 2.24) is 0 Å². The van der Waals surface area contributed by atoms with Crippen LogP contribution in [0.2, 0.25) is 0 Å². The average molecular weight is 213 g/mol. The lowest BCUT2D eigenvalue weighted by Crippen LogP contribution is -2.02. The molecule has 2 aromatic rings. The van der Waals surface area contributed by atoms with E-state index in [2.05, 4.69) is 5.32 Å². The number of benzene rings is 1. The molecule has 0 unspecified atom stereocenters. The van der Waals surface area contributed by atoms with E-state index in [0.717, 1.165) is 11.3 Å². The first kappa shape index (κ1) is 10.1. The third-order valence-corrected chi connectivity index (χ3v) is 2.29. The van der Waals surface area contributed by atoms with Crippen LogP contribution in [0.4, 0.5) is 11.4 Å². The number of anilines is 2. The van der Waals surface area contributed by atoms with Crippen LogP contribution in [-0.2, 0) is 6.54 Å². The molecule has 0 aliphatic carbocycles. The van der Waals surface area contributed by atoms with Gasteiger partial charge in [0.05, 0.1) is 29.5 Å². The first-order valence-corrected chi connectivity index (χ1v) is 4.85. The predicted molar refractivity (Wildman–Crippen MR) is 61.6 cm³/mol. The summed E-state index contributed by atoms with van der Waals surface area (Å²) in [5, 5.41) is 12.0. The van der Waals surface area contributed by atoms with Crippen LogP contribution < -0.4 is 11.1 Å². The lowest BCUT2D eigenvalue weighted by molar-refractivity contribution is 0.564. The molecule has 0 amide bonds. The zero-order valence-corrected chi connectivity index (χ0v) is 8.60. The van der Waals surface area contributed by atoms with Crippen LogP contribution in [0.25, 0.3) is 0 Å². The Kier molecular flexibility index (Phi) is 2.79. The third kappa shape index (κ3) is 1.98. The minimum absolute atomic E-state index is 0.480. The zero-order valence-electron chi connectivity index (χ0n) is 8.60. The number of nitrogens with two attached hydrogens (primary N) is 1. The highest BCUT2D eigenvalue weighted by Gasteiger charge is 2.03. The van der Waals surface area contributed by atoms with Crippen molar-refractivity contribution in [3.05, 3.63) is 47.9 Å². The monoisotopic (exact) mass is 213 g/mol. The fraction of sp³-hybridized carbons (Fsp3) is 0.0833. The molecule has 0 aliphatic rings. The van der Waals surface area contributed by atoms with Crippen LogP contribution >= 0.6 is 0 Å². The Balaban J connectivity index is 2.13. The second kappa shape index (κ2) is 4.41. The number of nitrogens with zero attached hydrogens (tertiary/aromatic N) is 1. The maximum absolute atomic E-state index is 8.82. The van der Waals surface area contributed by atoms with Crippen LogP contribution in [-0.4, -0.2) is 0 Å². The van der Waals surface area contributed by atoms with Crippen molar-refractivity contribution in [3.8, 4) is 6.07 Å². The van der Waals surface area contributed by atoms with Gasteiger partial charge in [0, 0.05) is 12.1 Å². The highest BCUT2D eigenvalue weighted by molar-refractivity contribution is 5.72. The number of hydrogen-bond acceptors (Lipinski definition) is 4. The fourth-order valence-electron chi connectivity index (χ4n) is 1.41. The van der Waals surface area contributed by atoms with Crippen molar-refractivity contribution in [2.45, 2.75) is 6.54 Å². The summed E-state index contributed by atoms with van der Waals surface area (Å²) in [4.78, 5) is 0. The molecule has 0 atom stereocenters. The zero-order chi connectivity index (χ0) is 11.4. The van der Waals surface area contributed by atoms with E-state index in [-0.39, 0.29) is 0 Å². The normalized spacial score (nSPS) is 9.69. The van der Waals surface area contributed by atoms with Gasteiger partial charge in [0.1, 0.15) is 6.07 Å². The summed E-state index contributed by atoms with van der Waals surface area (Å²) >= 11 is 0. The smallest absolute Gasteiger partial charge is 0.101 e. The van der Waals surface area contributed by atoms with Crippen LogP contribution in [0.5, 0.6) is 0 Å². The second-order valence-electron chi connectivity index (χ2n) is 3.36. The van der Waals surface area contributed by atoms with Gasteiger partial charge in [-0.2, -0.15) is 5.26 Å². The molecular formula is C12H11N3O. The molecule has 1 aromatic carbocycles. The Morgan fingerprint density at radius 3 is 2.94 bits per heavy atom. The molecule has 0 saturated carbocycles. The minimum atomic E-state index is 0.480. The van der Waals surface area contributed by atoms with Crippen LogP contribution in [0.1, 0.15) is 11.1 Å². The summed E-state index contributed by atoms with van der Waals surface area (Å²) in [6, 6.07) is 9.25. The van der Waals surface area contributed by atoms with Crippen molar-refractivity contribution in [3.63, 3.8) is 0 Å². The molecule has 80 valence electrons.